The van der Waals surface area contributed by atoms with Crippen LogP contribution < -0.4 is 10.6 Å². The van der Waals surface area contributed by atoms with E-state index in [4.69, 9.17) is 22.5 Å². The highest BCUT2D eigenvalue weighted by Crippen LogP contribution is 2.25. The molecule has 0 saturated carbocycles. The lowest BCUT2D eigenvalue weighted by Gasteiger charge is -2.22. The SMILES string of the molecule is Cc1cccc(CN(C)c2cc(Cl)ccc2/C(N)=N/O)n1. The summed E-state index contributed by atoms with van der Waals surface area (Å²) in [6, 6.07) is 11.1. The summed E-state index contributed by atoms with van der Waals surface area (Å²) in [7, 11) is 1.91. The molecule has 1 aromatic heterocycles. The van der Waals surface area contributed by atoms with Crippen LogP contribution in [0.2, 0.25) is 5.02 Å². The zero-order valence-corrected chi connectivity index (χ0v) is 12.7. The maximum atomic E-state index is 8.89. The van der Waals surface area contributed by atoms with Crippen molar-refractivity contribution < 1.29 is 5.21 Å². The summed E-state index contributed by atoms with van der Waals surface area (Å²) < 4.78 is 0. The average molecular weight is 305 g/mol. The van der Waals surface area contributed by atoms with Gasteiger partial charge in [0, 0.05) is 29.0 Å². The first-order valence-corrected chi connectivity index (χ1v) is 6.80. The number of pyridine rings is 1. The quantitative estimate of drug-likeness (QED) is 0.394. The maximum absolute atomic E-state index is 8.89. The van der Waals surface area contributed by atoms with Gasteiger partial charge in [-0.25, -0.2) is 0 Å². The van der Waals surface area contributed by atoms with Crippen LogP contribution >= 0.6 is 11.6 Å². The van der Waals surface area contributed by atoms with E-state index in [2.05, 4.69) is 10.1 Å². The monoisotopic (exact) mass is 304 g/mol. The van der Waals surface area contributed by atoms with Gasteiger partial charge in [-0.3, -0.25) is 4.98 Å². The van der Waals surface area contributed by atoms with Crippen LogP contribution in [0.15, 0.2) is 41.6 Å². The molecule has 0 aliphatic heterocycles. The van der Waals surface area contributed by atoms with E-state index in [-0.39, 0.29) is 5.84 Å². The molecular formula is C15H17ClN4O. The molecule has 0 fully saturated rings. The number of hydrogen-bond acceptors (Lipinski definition) is 4. The number of nitrogens with zero attached hydrogens (tertiary/aromatic N) is 3. The van der Waals surface area contributed by atoms with Gasteiger partial charge in [0.1, 0.15) is 0 Å². The molecule has 6 heteroatoms. The minimum atomic E-state index is 0.0470. The van der Waals surface area contributed by atoms with Crippen LogP contribution in [0.5, 0.6) is 0 Å². The van der Waals surface area contributed by atoms with Crippen molar-refractivity contribution in [2.24, 2.45) is 10.9 Å². The Morgan fingerprint density at radius 2 is 2.14 bits per heavy atom. The standard InChI is InChI=1S/C15H17ClN4O/c1-10-4-3-5-12(18-10)9-20(2)14-8-11(16)6-7-13(14)15(17)19-21/h3-8,21H,9H2,1-2H3,(H2,17,19). The molecule has 2 rings (SSSR count). The Labute approximate surface area is 128 Å². The number of oxime groups is 1. The lowest BCUT2D eigenvalue weighted by atomic mass is 10.1. The van der Waals surface area contributed by atoms with E-state index >= 15 is 0 Å². The third-order valence-corrected chi connectivity index (χ3v) is 3.33. The van der Waals surface area contributed by atoms with Crippen molar-refractivity contribution in [2.75, 3.05) is 11.9 Å². The summed E-state index contributed by atoms with van der Waals surface area (Å²) in [6.07, 6.45) is 0. The minimum Gasteiger partial charge on any atom is -0.409 e. The lowest BCUT2D eigenvalue weighted by molar-refractivity contribution is 0.318. The van der Waals surface area contributed by atoms with Crippen molar-refractivity contribution in [3.63, 3.8) is 0 Å². The number of aryl methyl sites for hydroxylation is 1. The largest absolute Gasteiger partial charge is 0.409 e. The summed E-state index contributed by atoms with van der Waals surface area (Å²) >= 11 is 6.05. The van der Waals surface area contributed by atoms with E-state index in [1.165, 1.54) is 0 Å². The molecule has 3 N–H and O–H groups in total. The van der Waals surface area contributed by atoms with Gasteiger partial charge in [-0.05, 0) is 37.3 Å². The highest BCUT2D eigenvalue weighted by molar-refractivity contribution is 6.31. The van der Waals surface area contributed by atoms with Gasteiger partial charge < -0.3 is 15.8 Å². The van der Waals surface area contributed by atoms with Crippen LogP contribution in [0.4, 0.5) is 5.69 Å². The summed E-state index contributed by atoms with van der Waals surface area (Å²) in [5.74, 6) is 0.0470. The fourth-order valence-electron chi connectivity index (χ4n) is 2.11. The van der Waals surface area contributed by atoms with Gasteiger partial charge in [0.2, 0.25) is 0 Å². The van der Waals surface area contributed by atoms with Gasteiger partial charge in [0.15, 0.2) is 5.84 Å². The molecule has 0 amide bonds. The number of anilines is 1. The first-order chi connectivity index (χ1) is 10.0. The minimum absolute atomic E-state index is 0.0470. The summed E-state index contributed by atoms with van der Waals surface area (Å²) in [5.41, 5.74) is 9.01. The molecule has 110 valence electrons. The van der Waals surface area contributed by atoms with Crippen LogP contribution in [-0.4, -0.2) is 23.1 Å². The molecule has 0 saturated heterocycles. The number of aromatic nitrogens is 1. The fraction of sp³-hybridized carbons (Fsp3) is 0.200. The third kappa shape index (κ3) is 3.64. The van der Waals surface area contributed by atoms with Crippen molar-refractivity contribution in [2.45, 2.75) is 13.5 Å². The van der Waals surface area contributed by atoms with Gasteiger partial charge in [-0.2, -0.15) is 0 Å². The Morgan fingerprint density at radius 3 is 2.81 bits per heavy atom. The molecule has 0 radical (unpaired) electrons. The van der Waals surface area contributed by atoms with E-state index in [0.717, 1.165) is 17.1 Å². The summed E-state index contributed by atoms with van der Waals surface area (Å²) in [6.45, 7) is 2.54. The smallest absolute Gasteiger partial charge is 0.172 e. The molecule has 1 aromatic carbocycles. The number of rotatable bonds is 4. The zero-order valence-electron chi connectivity index (χ0n) is 11.9. The third-order valence-electron chi connectivity index (χ3n) is 3.10. The predicted octanol–water partition coefficient (Wildman–Crippen LogP) is 2.77. The highest BCUT2D eigenvalue weighted by atomic mass is 35.5. The van der Waals surface area contributed by atoms with Crippen molar-refractivity contribution in [3.05, 3.63) is 58.4 Å². The Balaban J connectivity index is 2.34. The zero-order chi connectivity index (χ0) is 15.4. The van der Waals surface area contributed by atoms with Gasteiger partial charge in [0.05, 0.1) is 12.2 Å². The molecule has 21 heavy (non-hydrogen) atoms. The Bertz CT molecular complexity index is 672. The van der Waals surface area contributed by atoms with E-state index in [1.807, 2.05) is 37.1 Å². The highest BCUT2D eigenvalue weighted by Gasteiger charge is 2.13. The van der Waals surface area contributed by atoms with Crippen molar-refractivity contribution in [1.29, 1.82) is 0 Å². The van der Waals surface area contributed by atoms with Gasteiger partial charge >= 0.3 is 0 Å². The Hall–Kier alpha value is -2.27. The van der Waals surface area contributed by atoms with Crippen molar-refractivity contribution >= 4 is 23.1 Å². The molecule has 5 nitrogen and oxygen atoms in total. The average Bonchev–Trinajstić information content (AvgIpc) is 2.46. The number of benzene rings is 1. The van der Waals surface area contributed by atoms with Crippen LogP contribution in [0, 0.1) is 6.92 Å². The van der Waals surface area contributed by atoms with Crippen molar-refractivity contribution in [1.82, 2.24) is 4.98 Å². The maximum Gasteiger partial charge on any atom is 0.172 e. The summed E-state index contributed by atoms with van der Waals surface area (Å²) in [5, 5.41) is 12.5. The topological polar surface area (TPSA) is 74.7 Å². The van der Waals surface area contributed by atoms with Crippen LogP contribution in [0.25, 0.3) is 0 Å². The molecule has 0 aliphatic carbocycles. The molecule has 0 atom stereocenters. The number of amidine groups is 1. The van der Waals surface area contributed by atoms with E-state index in [1.54, 1.807) is 18.2 Å². The number of nitrogens with two attached hydrogens (primary N) is 1. The van der Waals surface area contributed by atoms with Crippen molar-refractivity contribution in [3.8, 4) is 0 Å². The first kappa shape index (κ1) is 15.1. The normalized spacial score (nSPS) is 11.5. The second-order valence-electron chi connectivity index (χ2n) is 4.77. The second-order valence-corrected chi connectivity index (χ2v) is 5.21. The molecule has 0 aliphatic rings. The predicted molar refractivity (Wildman–Crippen MR) is 85.0 cm³/mol. The van der Waals surface area contributed by atoms with E-state index in [9.17, 15) is 0 Å². The molecular weight excluding hydrogens is 288 g/mol. The molecule has 2 aromatic rings. The second kappa shape index (κ2) is 6.45. The van der Waals surface area contributed by atoms with Crippen LogP contribution in [0.1, 0.15) is 17.0 Å². The molecule has 0 spiro atoms. The van der Waals surface area contributed by atoms with Gasteiger partial charge in [-0.15, -0.1) is 0 Å². The van der Waals surface area contributed by atoms with Gasteiger partial charge in [-0.1, -0.05) is 22.8 Å². The lowest BCUT2D eigenvalue weighted by Crippen LogP contribution is -2.23. The molecule has 0 unspecified atom stereocenters. The Morgan fingerprint density at radius 1 is 1.38 bits per heavy atom. The van der Waals surface area contributed by atoms with Crippen LogP contribution in [-0.2, 0) is 6.54 Å². The first-order valence-electron chi connectivity index (χ1n) is 6.42. The molecule has 0 bridgehead atoms. The summed E-state index contributed by atoms with van der Waals surface area (Å²) in [4.78, 5) is 6.43. The van der Waals surface area contributed by atoms with E-state index < -0.39 is 0 Å². The Kier molecular flexibility index (Phi) is 4.65. The fourth-order valence-corrected chi connectivity index (χ4v) is 2.27. The van der Waals surface area contributed by atoms with Crippen LogP contribution in [0.3, 0.4) is 0 Å². The number of halogens is 1. The van der Waals surface area contributed by atoms with E-state index in [0.29, 0.717) is 17.1 Å². The number of hydrogen-bond donors (Lipinski definition) is 2. The molecule has 1 heterocycles. The van der Waals surface area contributed by atoms with Gasteiger partial charge in [0.25, 0.3) is 0 Å².